The highest BCUT2D eigenvalue weighted by Crippen LogP contribution is 2.43. The lowest BCUT2D eigenvalue weighted by atomic mass is 9.92. The van der Waals surface area contributed by atoms with Gasteiger partial charge < -0.3 is 10.2 Å². The maximum absolute atomic E-state index is 3.84. The van der Waals surface area contributed by atoms with Gasteiger partial charge in [-0.1, -0.05) is 41.5 Å². The molecule has 0 spiro atoms. The van der Waals surface area contributed by atoms with Crippen LogP contribution in [0.2, 0.25) is 0 Å². The number of rotatable bonds is 3. The average Bonchev–Trinajstić information content (AvgIpc) is 2.59. The van der Waals surface area contributed by atoms with Crippen molar-refractivity contribution in [2.45, 2.75) is 67.2 Å². The van der Waals surface area contributed by atoms with E-state index in [2.05, 4.69) is 82.1 Å². The molecule has 2 bridgehead atoms. The molecule has 1 N–H and O–H groups in total. The Hall–Kier alpha value is -2.48. The molecule has 2 heteroatoms. The molecule has 2 aliphatic heterocycles. The van der Waals surface area contributed by atoms with Gasteiger partial charge in [-0.15, -0.1) is 0 Å². The minimum Gasteiger partial charge on any atom is -0.357 e. The fourth-order valence-corrected chi connectivity index (χ4v) is 5.11. The van der Waals surface area contributed by atoms with Gasteiger partial charge in [0.15, 0.2) is 0 Å². The van der Waals surface area contributed by atoms with Crippen molar-refractivity contribution in [2.75, 3.05) is 10.2 Å². The van der Waals surface area contributed by atoms with E-state index in [0.29, 0.717) is 0 Å². The number of allylic oxidation sites excluding steroid dienone is 3. The minimum absolute atomic E-state index is 0.998. The molecule has 2 aromatic rings. The van der Waals surface area contributed by atoms with Crippen LogP contribution in [0.25, 0.3) is 0 Å². The predicted molar refractivity (Wildman–Crippen MR) is 121 cm³/mol. The number of nitrogens with zero attached hydrogens (tertiary/aromatic N) is 1. The van der Waals surface area contributed by atoms with Crippen molar-refractivity contribution in [1.82, 2.24) is 0 Å². The summed E-state index contributed by atoms with van der Waals surface area (Å²) in [6.07, 6.45) is 6.97. The Morgan fingerprint density at radius 3 is 1.93 bits per heavy atom. The molecule has 2 nitrogen and oxygen atoms in total. The van der Waals surface area contributed by atoms with E-state index < -0.39 is 0 Å². The zero-order valence-corrected chi connectivity index (χ0v) is 18.2. The molecule has 4 rings (SSSR count). The van der Waals surface area contributed by atoms with Gasteiger partial charge in [-0.3, -0.25) is 0 Å². The van der Waals surface area contributed by atoms with Gasteiger partial charge in [0.1, 0.15) is 0 Å². The van der Waals surface area contributed by atoms with Gasteiger partial charge in [-0.25, -0.2) is 0 Å². The van der Waals surface area contributed by atoms with Crippen LogP contribution in [0.5, 0.6) is 0 Å². The zero-order valence-electron chi connectivity index (χ0n) is 18.2. The summed E-state index contributed by atoms with van der Waals surface area (Å²) in [4.78, 5) is 2.55. The first-order valence-electron chi connectivity index (χ1n) is 10.5. The molecule has 2 aliphatic rings. The van der Waals surface area contributed by atoms with Crippen LogP contribution in [0.15, 0.2) is 47.4 Å². The van der Waals surface area contributed by atoms with E-state index in [1.165, 1.54) is 74.7 Å². The largest absolute Gasteiger partial charge is 0.357 e. The van der Waals surface area contributed by atoms with Crippen LogP contribution in [-0.4, -0.2) is 0 Å². The smallest absolute Gasteiger partial charge is 0.0514 e. The summed E-state index contributed by atoms with van der Waals surface area (Å²) >= 11 is 0. The SMILES string of the molecule is Cc1cc(C)c(NC2=C3CCCC(=CC2)N3c2c(C)cc(C)cc2C)c(C)c1. The lowest BCUT2D eigenvalue weighted by Crippen LogP contribution is -2.32. The van der Waals surface area contributed by atoms with Crippen molar-refractivity contribution in [3.8, 4) is 0 Å². The lowest BCUT2D eigenvalue weighted by Gasteiger charge is -2.41. The molecule has 1 saturated heterocycles. The first kappa shape index (κ1) is 18.9. The average molecular weight is 373 g/mol. The molecular weight excluding hydrogens is 340 g/mol. The third kappa shape index (κ3) is 3.26. The summed E-state index contributed by atoms with van der Waals surface area (Å²) in [5, 5.41) is 3.84. The number of anilines is 2. The van der Waals surface area contributed by atoms with Gasteiger partial charge in [0, 0.05) is 29.2 Å². The summed E-state index contributed by atoms with van der Waals surface area (Å²) in [5.41, 5.74) is 15.0. The summed E-state index contributed by atoms with van der Waals surface area (Å²) < 4.78 is 0. The van der Waals surface area contributed by atoms with Crippen LogP contribution in [0.1, 0.15) is 59.1 Å². The van der Waals surface area contributed by atoms with Crippen LogP contribution in [0, 0.1) is 41.5 Å². The number of hydrogen-bond acceptors (Lipinski definition) is 2. The molecular formula is C26H32N2. The summed E-state index contributed by atoms with van der Waals surface area (Å²) in [7, 11) is 0. The van der Waals surface area contributed by atoms with Crippen LogP contribution in [0.4, 0.5) is 11.4 Å². The minimum atomic E-state index is 0.998. The van der Waals surface area contributed by atoms with Crippen molar-refractivity contribution < 1.29 is 0 Å². The Bertz CT molecular complexity index is 961. The van der Waals surface area contributed by atoms with Gasteiger partial charge >= 0.3 is 0 Å². The Balaban J connectivity index is 1.80. The fourth-order valence-electron chi connectivity index (χ4n) is 5.11. The standard InChI is InChI=1S/C26H32N2/c1-16-12-18(3)25(19(4)13-16)27-23-11-10-22-8-7-9-24(23)28(22)26-20(5)14-17(2)15-21(26)6/h10,12-15,27H,7-9,11H2,1-6H3. The second-order valence-corrected chi connectivity index (χ2v) is 8.66. The third-order valence-electron chi connectivity index (χ3n) is 6.11. The summed E-state index contributed by atoms with van der Waals surface area (Å²) in [5.74, 6) is 0. The zero-order chi connectivity index (χ0) is 20.0. The number of nitrogens with one attached hydrogen (secondary N) is 1. The van der Waals surface area contributed by atoms with E-state index >= 15 is 0 Å². The van der Waals surface area contributed by atoms with Crippen molar-refractivity contribution in [3.63, 3.8) is 0 Å². The van der Waals surface area contributed by atoms with E-state index in [-0.39, 0.29) is 0 Å². The van der Waals surface area contributed by atoms with Crippen LogP contribution < -0.4 is 10.2 Å². The van der Waals surface area contributed by atoms with Crippen LogP contribution in [-0.2, 0) is 0 Å². The Morgan fingerprint density at radius 2 is 1.32 bits per heavy atom. The molecule has 0 aromatic heterocycles. The highest BCUT2D eigenvalue weighted by Gasteiger charge is 2.29. The fraction of sp³-hybridized carbons (Fsp3) is 0.385. The predicted octanol–water partition coefficient (Wildman–Crippen LogP) is 7.14. The van der Waals surface area contributed by atoms with Crippen molar-refractivity contribution >= 4 is 11.4 Å². The second-order valence-electron chi connectivity index (χ2n) is 8.66. The lowest BCUT2D eigenvalue weighted by molar-refractivity contribution is 0.677. The number of benzene rings is 2. The maximum atomic E-state index is 3.84. The molecule has 28 heavy (non-hydrogen) atoms. The first-order valence-corrected chi connectivity index (χ1v) is 10.5. The van der Waals surface area contributed by atoms with E-state index in [1.54, 1.807) is 0 Å². The van der Waals surface area contributed by atoms with E-state index in [0.717, 1.165) is 12.8 Å². The molecule has 2 aromatic carbocycles. The van der Waals surface area contributed by atoms with Crippen LogP contribution >= 0.6 is 0 Å². The van der Waals surface area contributed by atoms with Crippen molar-refractivity contribution in [3.05, 3.63) is 80.8 Å². The Morgan fingerprint density at radius 1 is 0.750 bits per heavy atom. The number of piperidine rings is 1. The highest BCUT2D eigenvalue weighted by atomic mass is 15.2. The summed E-state index contributed by atoms with van der Waals surface area (Å²) in [6.45, 7) is 13.3. The van der Waals surface area contributed by atoms with Gasteiger partial charge in [-0.05, 0) is 83.1 Å². The molecule has 0 aliphatic carbocycles. The molecule has 146 valence electrons. The number of hydrogen-bond donors (Lipinski definition) is 1. The first-order chi connectivity index (χ1) is 13.3. The van der Waals surface area contributed by atoms with Crippen LogP contribution in [0.3, 0.4) is 0 Å². The number of aryl methyl sites for hydroxylation is 6. The van der Waals surface area contributed by atoms with Crippen molar-refractivity contribution in [2.24, 2.45) is 0 Å². The van der Waals surface area contributed by atoms with Gasteiger partial charge in [0.05, 0.1) is 5.69 Å². The highest BCUT2D eigenvalue weighted by molar-refractivity contribution is 5.71. The van der Waals surface area contributed by atoms with Gasteiger partial charge in [0.2, 0.25) is 0 Å². The van der Waals surface area contributed by atoms with Gasteiger partial charge in [-0.2, -0.15) is 0 Å². The van der Waals surface area contributed by atoms with E-state index in [1.807, 2.05) is 0 Å². The normalized spacial score (nSPS) is 16.4. The van der Waals surface area contributed by atoms with Crippen molar-refractivity contribution in [1.29, 1.82) is 0 Å². The molecule has 0 saturated carbocycles. The molecule has 0 atom stereocenters. The summed E-state index contributed by atoms with van der Waals surface area (Å²) in [6, 6.07) is 9.18. The molecule has 0 radical (unpaired) electrons. The quantitative estimate of drug-likeness (QED) is 0.616. The van der Waals surface area contributed by atoms with E-state index in [9.17, 15) is 0 Å². The number of fused-ring (bicyclic) bond motifs is 2. The third-order valence-corrected chi connectivity index (χ3v) is 6.11. The maximum Gasteiger partial charge on any atom is 0.0514 e. The topological polar surface area (TPSA) is 15.3 Å². The second kappa shape index (κ2) is 7.16. The molecule has 2 heterocycles. The monoisotopic (exact) mass is 372 g/mol. The molecule has 1 fully saturated rings. The van der Waals surface area contributed by atoms with Gasteiger partial charge in [0.25, 0.3) is 0 Å². The molecule has 0 unspecified atom stereocenters. The Labute approximate surface area is 170 Å². The molecule has 0 amide bonds. The van der Waals surface area contributed by atoms with E-state index in [4.69, 9.17) is 0 Å². The Kier molecular flexibility index (Phi) is 4.82.